The smallest absolute Gasteiger partial charge is 0.105 e. The van der Waals surface area contributed by atoms with E-state index in [0.717, 1.165) is 47.0 Å². The van der Waals surface area contributed by atoms with Crippen LogP contribution in [0, 0.1) is 11.3 Å². The summed E-state index contributed by atoms with van der Waals surface area (Å²) in [6.45, 7) is 2.03. The lowest BCUT2D eigenvalue weighted by atomic mass is 10.1. The highest BCUT2D eigenvalue weighted by Crippen LogP contribution is 2.28. The first-order chi connectivity index (χ1) is 15.2. The Morgan fingerprint density at radius 2 is 2.10 bits per heavy atom. The Kier molecular flexibility index (Phi) is 8.69. The molecule has 0 saturated heterocycles. The molecule has 2 aromatic rings. The third-order valence-electron chi connectivity index (χ3n) is 5.15. The van der Waals surface area contributed by atoms with Crippen LogP contribution in [-0.2, 0) is 12.8 Å². The number of nitrogens with one attached hydrogen (secondary N) is 2. The van der Waals surface area contributed by atoms with E-state index in [-0.39, 0.29) is 0 Å². The Morgan fingerprint density at radius 1 is 1.26 bits per heavy atom. The van der Waals surface area contributed by atoms with Crippen LogP contribution in [0.3, 0.4) is 0 Å². The number of fused-ring (bicyclic) bond motifs is 1. The second-order valence-electron chi connectivity index (χ2n) is 7.17. The van der Waals surface area contributed by atoms with E-state index in [1.54, 1.807) is 11.8 Å². The topological polar surface area (TPSA) is 60.7 Å². The Labute approximate surface area is 195 Å². The number of aryl methyl sites for hydroxylation is 2. The van der Waals surface area contributed by atoms with Gasteiger partial charge in [0, 0.05) is 29.6 Å². The maximum atomic E-state index is 9.76. The van der Waals surface area contributed by atoms with Gasteiger partial charge in [-0.25, -0.2) is 0 Å². The SMILES string of the molecule is C/C=C(\SCC/C=C(NC)/C(C#N)=C(\S)Nc1ccc2c(c1)CCC2)c1ccccn1. The zero-order chi connectivity index (χ0) is 22.1. The molecule has 31 heavy (non-hydrogen) atoms. The number of benzene rings is 1. The molecular weight excluding hydrogens is 420 g/mol. The summed E-state index contributed by atoms with van der Waals surface area (Å²) in [6.07, 6.45) is 10.3. The molecule has 2 N–H and O–H groups in total. The molecule has 0 amide bonds. The van der Waals surface area contributed by atoms with Crippen molar-refractivity contribution in [3.8, 4) is 6.07 Å². The number of thiol groups is 1. The molecular formula is C25H28N4S2. The van der Waals surface area contributed by atoms with Gasteiger partial charge in [-0.2, -0.15) is 5.26 Å². The highest BCUT2D eigenvalue weighted by molar-refractivity contribution is 8.08. The molecule has 0 unspecified atom stereocenters. The lowest BCUT2D eigenvalue weighted by molar-refractivity contribution is 0.912. The van der Waals surface area contributed by atoms with E-state index >= 15 is 0 Å². The van der Waals surface area contributed by atoms with Crippen molar-refractivity contribution in [1.82, 2.24) is 10.3 Å². The number of allylic oxidation sites excluding steroid dienone is 3. The predicted octanol–water partition coefficient (Wildman–Crippen LogP) is 5.93. The first kappa shape index (κ1) is 23.1. The van der Waals surface area contributed by atoms with Crippen LogP contribution in [0.4, 0.5) is 5.69 Å². The molecule has 3 rings (SSSR count). The number of pyridine rings is 1. The first-order valence-electron chi connectivity index (χ1n) is 10.5. The number of rotatable bonds is 9. The number of hydrogen-bond donors (Lipinski definition) is 3. The fraction of sp³-hybridized carbons (Fsp3) is 0.280. The van der Waals surface area contributed by atoms with Gasteiger partial charge >= 0.3 is 0 Å². The van der Waals surface area contributed by atoms with Crippen LogP contribution in [0.2, 0.25) is 0 Å². The number of nitriles is 1. The van der Waals surface area contributed by atoms with Crippen molar-refractivity contribution in [1.29, 1.82) is 5.26 Å². The number of aromatic nitrogens is 1. The van der Waals surface area contributed by atoms with Crippen molar-refractivity contribution in [2.24, 2.45) is 0 Å². The molecule has 0 spiro atoms. The van der Waals surface area contributed by atoms with Gasteiger partial charge in [-0.15, -0.1) is 24.4 Å². The molecule has 0 fully saturated rings. The summed E-state index contributed by atoms with van der Waals surface area (Å²) in [7, 11) is 1.83. The van der Waals surface area contributed by atoms with Gasteiger partial charge in [0.1, 0.15) is 11.6 Å². The third-order valence-corrected chi connectivity index (χ3v) is 6.68. The average Bonchev–Trinajstić information content (AvgIpc) is 3.27. The second kappa shape index (κ2) is 11.7. The Hall–Kier alpha value is -2.62. The first-order valence-corrected chi connectivity index (χ1v) is 11.9. The fourth-order valence-electron chi connectivity index (χ4n) is 3.60. The Bertz CT molecular complexity index is 1030. The summed E-state index contributed by atoms with van der Waals surface area (Å²) in [5.74, 6) is 0.889. The van der Waals surface area contributed by atoms with Crippen molar-refractivity contribution in [3.05, 3.63) is 87.9 Å². The van der Waals surface area contributed by atoms with Gasteiger partial charge in [-0.05, 0) is 68.0 Å². The Balaban J connectivity index is 1.65. The van der Waals surface area contributed by atoms with E-state index in [4.69, 9.17) is 0 Å². The molecule has 1 aliphatic carbocycles. The van der Waals surface area contributed by atoms with Crippen LogP contribution in [0.25, 0.3) is 4.91 Å². The van der Waals surface area contributed by atoms with Gasteiger partial charge in [0.25, 0.3) is 0 Å². The molecule has 1 aliphatic rings. The van der Waals surface area contributed by atoms with Gasteiger partial charge in [0.05, 0.1) is 16.4 Å². The van der Waals surface area contributed by atoms with Crippen molar-refractivity contribution in [2.75, 3.05) is 18.1 Å². The number of nitrogens with zero attached hydrogens (tertiary/aromatic N) is 2. The fourth-order valence-corrected chi connectivity index (χ4v) is 4.79. The molecule has 1 aromatic heterocycles. The summed E-state index contributed by atoms with van der Waals surface area (Å²) in [5, 5.41) is 16.8. The summed E-state index contributed by atoms with van der Waals surface area (Å²) < 4.78 is 0. The monoisotopic (exact) mass is 448 g/mol. The van der Waals surface area contributed by atoms with Crippen LogP contribution in [-0.4, -0.2) is 17.8 Å². The molecule has 0 radical (unpaired) electrons. The minimum Gasteiger partial charge on any atom is -0.387 e. The average molecular weight is 449 g/mol. The molecule has 1 heterocycles. The minimum atomic E-state index is 0.507. The van der Waals surface area contributed by atoms with Gasteiger partial charge in [0.15, 0.2) is 0 Å². The summed E-state index contributed by atoms with van der Waals surface area (Å²) in [4.78, 5) is 5.58. The van der Waals surface area contributed by atoms with E-state index in [1.165, 1.54) is 17.5 Å². The van der Waals surface area contributed by atoms with Crippen LogP contribution >= 0.6 is 24.4 Å². The van der Waals surface area contributed by atoms with Crippen molar-refractivity contribution >= 4 is 35.0 Å². The predicted molar refractivity (Wildman–Crippen MR) is 136 cm³/mol. The second-order valence-corrected chi connectivity index (χ2v) is 8.75. The van der Waals surface area contributed by atoms with Crippen LogP contribution < -0.4 is 10.6 Å². The number of thioether (sulfide) groups is 1. The molecule has 0 saturated carbocycles. The molecule has 6 heteroatoms. The van der Waals surface area contributed by atoms with Crippen LogP contribution in [0.1, 0.15) is 36.6 Å². The van der Waals surface area contributed by atoms with Crippen molar-refractivity contribution < 1.29 is 0 Å². The minimum absolute atomic E-state index is 0.507. The molecule has 1 aromatic carbocycles. The van der Waals surface area contributed by atoms with Crippen molar-refractivity contribution in [2.45, 2.75) is 32.6 Å². The maximum absolute atomic E-state index is 9.76. The van der Waals surface area contributed by atoms with Crippen LogP contribution in [0.15, 0.2) is 71.0 Å². The molecule has 0 bridgehead atoms. The third kappa shape index (κ3) is 6.19. The van der Waals surface area contributed by atoms with Gasteiger partial charge in [-0.1, -0.05) is 24.3 Å². The van der Waals surface area contributed by atoms with Gasteiger partial charge in [0.2, 0.25) is 0 Å². The van der Waals surface area contributed by atoms with Crippen LogP contribution in [0.5, 0.6) is 0 Å². The Morgan fingerprint density at radius 3 is 2.81 bits per heavy atom. The molecule has 0 atom stereocenters. The maximum Gasteiger partial charge on any atom is 0.105 e. The molecule has 160 valence electrons. The normalized spacial score (nSPS) is 14.5. The lowest BCUT2D eigenvalue weighted by Gasteiger charge is -2.13. The van der Waals surface area contributed by atoms with E-state index in [2.05, 4.69) is 64.7 Å². The zero-order valence-electron chi connectivity index (χ0n) is 18.0. The standard InChI is InChI=1S/C25H28N4S2/c1-3-24(23-10-4-5-14-28-23)31-15-7-11-22(27-2)21(17-26)25(30)29-20-13-12-18-8-6-9-19(18)16-20/h3-5,10-14,16,27,29-30H,6-9,15H2,1-2H3/b22-11-,24-3-,25-21-. The summed E-state index contributed by atoms with van der Waals surface area (Å²) in [5.41, 5.74) is 6.06. The molecule has 4 nitrogen and oxygen atoms in total. The highest BCUT2D eigenvalue weighted by Gasteiger charge is 2.13. The summed E-state index contributed by atoms with van der Waals surface area (Å²) >= 11 is 6.36. The number of anilines is 1. The molecule has 0 aliphatic heterocycles. The number of hydrogen-bond acceptors (Lipinski definition) is 6. The van der Waals surface area contributed by atoms with E-state index < -0.39 is 0 Å². The van der Waals surface area contributed by atoms with E-state index in [9.17, 15) is 5.26 Å². The van der Waals surface area contributed by atoms with Crippen molar-refractivity contribution in [3.63, 3.8) is 0 Å². The number of likely N-dealkylation sites (N-methyl/N-ethyl adjacent to an activating group) is 1. The summed E-state index contributed by atoms with van der Waals surface area (Å²) in [6, 6.07) is 14.6. The largest absolute Gasteiger partial charge is 0.387 e. The van der Waals surface area contributed by atoms with E-state index in [0.29, 0.717) is 10.6 Å². The van der Waals surface area contributed by atoms with E-state index in [1.807, 2.05) is 38.4 Å². The lowest BCUT2D eigenvalue weighted by Crippen LogP contribution is -2.11. The zero-order valence-corrected chi connectivity index (χ0v) is 19.7. The quantitative estimate of drug-likeness (QED) is 0.192. The highest BCUT2D eigenvalue weighted by atomic mass is 32.2. The van der Waals surface area contributed by atoms with Gasteiger partial charge in [-0.3, -0.25) is 4.98 Å². The van der Waals surface area contributed by atoms with Gasteiger partial charge < -0.3 is 10.6 Å².